The number of hydrogen-bond acceptors (Lipinski definition) is 3. The number of aryl methyl sites for hydroxylation is 3. The van der Waals surface area contributed by atoms with Gasteiger partial charge in [-0.2, -0.15) is 0 Å². The van der Waals surface area contributed by atoms with Gasteiger partial charge in [0.25, 0.3) is 0 Å². The van der Waals surface area contributed by atoms with Crippen LogP contribution in [0.2, 0.25) is 0 Å². The van der Waals surface area contributed by atoms with Gasteiger partial charge in [0.2, 0.25) is 0 Å². The molecule has 3 aromatic carbocycles. The van der Waals surface area contributed by atoms with Gasteiger partial charge in [-0.05, 0) is 0 Å². The Morgan fingerprint density at radius 1 is 0.452 bits per heavy atom. The SMILES string of the molecule is Cc1ccc([O][Zr]([Cl])([Cl])[Cl])cc1.Cc1ccc([O][Zr]([Cl])([Cl])[O]c2ccc(C)cc2)cc1. The van der Waals surface area contributed by atoms with E-state index < -0.39 is 35.9 Å². The molecule has 0 N–H and O–H groups in total. The number of halogens is 5. The average molecular weight is 681 g/mol. The number of hydrogen-bond donors (Lipinski definition) is 0. The first-order valence-electron chi connectivity index (χ1n) is 9.13. The molecule has 0 radical (unpaired) electrons. The van der Waals surface area contributed by atoms with Crippen LogP contribution in [0.3, 0.4) is 0 Å². The summed E-state index contributed by atoms with van der Waals surface area (Å²) in [5, 5.41) is 0. The van der Waals surface area contributed by atoms with Crippen molar-refractivity contribution in [2.24, 2.45) is 0 Å². The molecule has 0 aliphatic heterocycles. The molecule has 0 amide bonds. The molecule has 31 heavy (non-hydrogen) atoms. The Kier molecular flexibility index (Phi) is 11.2. The topological polar surface area (TPSA) is 27.7 Å². The third-order valence-corrected chi connectivity index (χ3v) is 10.4. The predicted molar refractivity (Wildman–Crippen MR) is 125 cm³/mol. The second-order valence-electron chi connectivity index (χ2n) is 6.65. The molecule has 0 aliphatic rings. The van der Waals surface area contributed by atoms with E-state index in [1.807, 2.05) is 81.4 Å². The molecular formula is C21H21Cl5O3Zr2. The summed E-state index contributed by atoms with van der Waals surface area (Å²) < 4.78 is 16.4. The van der Waals surface area contributed by atoms with Crippen molar-refractivity contribution in [3.05, 3.63) is 89.5 Å². The van der Waals surface area contributed by atoms with Crippen LogP contribution in [-0.4, -0.2) is 0 Å². The molecule has 10 heteroatoms. The first kappa shape index (κ1) is 27.5. The zero-order chi connectivity index (χ0) is 23.1. The molecule has 0 fully saturated rings. The molecule has 0 saturated carbocycles. The summed E-state index contributed by atoms with van der Waals surface area (Å²) in [7, 11) is 29.3. The second-order valence-corrected chi connectivity index (χ2v) is 32.5. The maximum atomic E-state index is 6.22. The van der Waals surface area contributed by atoms with Gasteiger partial charge < -0.3 is 0 Å². The van der Waals surface area contributed by atoms with Crippen molar-refractivity contribution in [2.75, 3.05) is 0 Å². The average Bonchev–Trinajstić information content (AvgIpc) is 2.66. The Morgan fingerprint density at radius 2 is 0.710 bits per heavy atom. The van der Waals surface area contributed by atoms with Gasteiger partial charge >= 0.3 is 214 Å². The zero-order valence-electron chi connectivity index (χ0n) is 17.0. The van der Waals surface area contributed by atoms with Gasteiger partial charge in [0.05, 0.1) is 0 Å². The summed E-state index contributed by atoms with van der Waals surface area (Å²) in [6, 6.07) is 22.5. The third kappa shape index (κ3) is 11.8. The van der Waals surface area contributed by atoms with Gasteiger partial charge in [0.1, 0.15) is 0 Å². The van der Waals surface area contributed by atoms with Gasteiger partial charge in [-0.1, -0.05) is 0 Å². The van der Waals surface area contributed by atoms with E-state index in [2.05, 4.69) is 0 Å². The van der Waals surface area contributed by atoms with E-state index in [1.165, 1.54) is 0 Å². The van der Waals surface area contributed by atoms with Crippen LogP contribution in [0, 0.1) is 20.8 Å². The summed E-state index contributed by atoms with van der Waals surface area (Å²) in [5.41, 5.74) is 3.45. The quantitative estimate of drug-likeness (QED) is 0.260. The summed E-state index contributed by atoms with van der Waals surface area (Å²) >= 11 is -7.72. The molecule has 166 valence electrons. The maximum absolute atomic E-state index is 6.22. The van der Waals surface area contributed by atoms with E-state index in [4.69, 9.17) is 51.0 Å². The molecule has 3 nitrogen and oxygen atoms in total. The summed E-state index contributed by atoms with van der Waals surface area (Å²) in [6.07, 6.45) is 0. The van der Waals surface area contributed by atoms with Crippen LogP contribution in [0.25, 0.3) is 0 Å². The van der Waals surface area contributed by atoms with E-state index in [1.54, 1.807) is 12.1 Å². The van der Waals surface area contributed by atoms with Crippen LogP contribution in [0.1, 0.15) is 16.7 Å². The molecule has 0 saturated heterocycles. The number of benzene rings is 3. The fraction of sp³-hybridized carbons (Fsp3) is 0.143. The first-order chi connectivity index (χ1) is 14.4. The molecule has 3 aromatic rings. The monoisotopic (exact) mass is 676 g/mol. The van der Waals surface area contributed by atoms with Gasteiger partial charge in [0, 0.05) is 0 Å². The van der Waals surface area contributed by atoms with Gasteiger partial charge in [-0.3, -0.25) is 0 Å². The predicted octanol–water partition coefficient (Wildman–Crippen LogP) is 8.96. The fourth-order valence-electron chi connectivity index (χ4n) is 2.25. The van der Waals surface area contributed by atoms with Gasteiger partial charge in [0.15, 0.2) is 0 Å². The van der Waals surface area contributed by atoms with Crippen molar-refractivity contribution in [3.8, 4) is 17.2 Å². The standard InChI is InChI=1S/3C7H8O.5ClH.2Zr/c3*1-6-2-4-7(8)5-3-6;;;;;;;/h3*2-5,8H,1H3;5*1H;;/q;;;;;;;;2*+4/p-8. The van der Waals surface area contributed by atoms with E-state index in [0.717, 1.165) is 16.7 Å². The molecule has 3 rings (SSSR count). The molecular weight excluding hydrogens is 660 g/mol. The zero-order valence-corrected chi connectivity index (χ0v) is 25.7. The Bertz CT molecular complexity index is 895. The van der Waals surface area contributed by atoms with Crippen LogP contribution in [0.5, 0.6) is 17.2 Å². The van der Waals surface area contributed by atoms with Gasteiger partial charge in [-0.15, -0.1) is 0 Å². The number of rotatable bonds is 6. The summed E-state index contributed by atoms with van der Waals surface area (Å²) in [6.45, 7) is 6.00. The molecule has 0 spiro atoms. The minimum absolute atomic E-state index is 0.636. The molecule has 0 heterocycles. The Morgan fingerprint density at radius 3 is 0.968 bits per heavy atom. The normalized spacial score (nSPS) is 11.2. The second kappa shape index (κ2) is 12.7. The molecule has 0 unspecified atom stereocenters. The summed E-state index contributed by atoms with van der Waals surface area (Å²) in [4.78, 5) is 0. The van der Waals surface area contributed by atoms with Crippen molar-refractivity contribution in [1.29, 1.82) is 0 Å². The molecule has 0 aromatic heterocycles. The van der Waals surface area contributed by atoms with E-state index in [-0.39, 0.29) is 0 Å². The van der Waals surface area contributed by atoms with Crippen LogP contribution in [0.15, 0.2) is 72.8 Å². The Hall–Kier alpha value is 0.276. The van der Waals surface area contributed by atoms with Crippen LogP contribution in [-0.2, 0) is 35.9 Å². The van der Waals surface area contributed by atoms with Gasteiger partial charge in [-0.25, -0.2) is 0 Å². The fourth-order valence-corrected chi connectivity index (χ4v) is 9.05. The minimum atomic E-state index is -4.05. The van der Waals surface area contributed by atoms with Crippen LogP contribution in [0.4, 0.5) is 0 Å². The third-order valence-electron chi connectivity index (χ3n) is 3.77. The Labute approximate surface area is 211 Å². The van der Waals surface area contributed by atoms with Crippen LogP contribution >= 0.6 is 42.6 Å². The van der Waals surface area contributed by atoms with Crippen molar-refractivity contribution in [3.63, 3.8) is 0 Å². The van der Waals surface area contributed by atoms with E-state index in [9.17, 15) is 0 Å². The molecule has 0 aliphatic carbocycles. The first-order valence-corrected chi connectivity index (χ1v) is 28.0. The Balaban J connectivity index is 0.000000245. The molecule has 0 bridgehead atoms. The van der Waals surface area contributed by atoms with Crippen molar-refractivity contribution in [1.82, 2.24) is 0 Å². The van der Waals surface area contributed by atoms with Crippen molar-refractivity contribution >= 4 is 42.6 Å². The van der Waals surface area contributed by atoms with Crippen LogP contribution < -0.4 is 8.44 Å². The molecule has 0 atom stereocenters. The summed E-state index contributed by atoms with van der Waals surface area (Å²) in [5.74, 6) is 1.91. The van der Waals surface area contributed by atoms with Crippen molar-refractivity contribution in [2.45, 2.75) is 20.8 Å². The van der Waals surface area contributed by atoms with Crippen molar-refractivity contribution < 1.29 is 44.3 Å². The van der Waals surface area contributed by atoms with E-state index >= 15 is 0 Å². The van der Waals surface area contributed by atoms with E-state index in [0.29, 0.717) is 17.2 Å².